The molecule has 0 spiro atoms. The smallest absolute Gasteiger partial charge is 0.329 e. The quantitative estimate of drug-likeness (QED) is 0.810. The second kappa shape index (κ2) is 6.22. The summed E-state index contributed by atoms with van der Waals surface area (Å²) in [5.41, 5.74) is 5.41. The van der Waals surface area contributed by atoms with Gasteiger partial charge in [-0.2, -0.15) is 0 Å². The Hall–Kier alpha value is -2.04. The van der Waals surface area contributed by atoms with Crippen molar-refractivity contribution in [3.05, 3.63) is 35.9 Å². The lowest BCUT2D eigenvalue weighted by Gasteiger charge is -2.24. The molecule has 0 aliphatic carbocycles. The van der Waals surface area contributed by atoms with Gasteiger partial charge in [-0.1, -0.05) is 30.3 Å². The zero-order valence-corrected chi connectivity index (χ0v) is 11.5. The normalized spacial score (nSPS) is 12.6. The first-order valence-corrected chi connectivity index (χ1v) is 6.11. The molecule has 0 fully saturated rings. The van der Waals surface area contributed by atoms with Crippen LogP contribution in [0.1, 0.15) is 26.3 Å². The summed E-state index contributed by atoms with van der Waals surface area (Å²) in [4.78, 5) is 23.0. The van der Waals surface area contributed by atoms with Gasteiger partial charge in [0.25, 0.3) is 0 Å². The minimum absolute atomic E-state index is 0.346. The minimum Gasteiger partial charge on any atom is -0.458 e. The van der Waals surface area contributed by atoms with Gasteiger partial charge in [0.15, 0.2) is 0 Å². The second-order valence-corrected chi connectivity index (χ2v) is 5.28. The number of ether oxygens (including phenoxy) is 1. The van der Waals surface area contributed by atoms with Gasteiger partial charge in [0.1, 0.15) is 11.6 Å². The number of amides is 2. The van der Waals surface area contributed by atoms with E-state index in [0.717, 1.165) is 5.56 Å². The molecule has 0 heterocycles. The van der Waals surface area contributed by atoms with Crippen LogP contribution in [-0.2, 0) is 16.0 Å². The van der Waals surface area contributed by atoms with Crippen molar-refractivity contribution < 1.29 is 14.3 Å². The molecule has 0 radical (unpaired) electrons. The number of rotatable bonds is 4. The SMILES string of the molecule is CC(C)(C)OC(=O)C(Cc1ccccc1)NC(N)=O. The van der Waals surface area contributed by atoms with E-state index in [1.807, 2.05) is 30.3 Å². The fraction of sp³-hybridized carbons (Fsp3) is 0.429. The third-order valence-electron chi connectivity index (χ3n) is 2.29. The molecule has 104 valence electrons. The number of benzene rings is 1. The molecule has 1 aromatic carbocycles. The second-order valence-electron chi connectivity index (χ2n) is 5.28. The van der Waals surface area contributed by atoms with Crippen molar-refractivity contribution in [2.45, 2.75) is 38.8 Å². The zero-order valence-electron chi connectivity index (χ0n) is 11.5. The van der Waals surface area contributed by atoms with Crippen LogP contribution in [0.4, 0.5) is 4.79 Å². The first-order chi connectivity index (χ1) is 8.78. The largest absolute Gasteiger partial charge is 0.458 e. The maximum Gasteiger partial charge on any atom is 0.329 e. The summed E-state index contributed by atoms with van der Waals surface area (Å²) in [5, 5.41) is 2.42. The van der Waals surface area contributed by atoms with E-state index in [4.69, 9.17) is 10.5 Å². The highest BCUT2D eigenvalue weighted by Gasteiger charge is 2.26. The first kappa shape index (κ1) is 15.0. The van der Waals surface area contributed by atoms with Gasteiger partial charge in [-0.25, -0.2) is 9.59 Å². The molecule has 19 heavy (non-hydrogen) atoms. The zero-order chi connectivity index (χ0) is 14.5. The monoisotopic (exact) mass is 264 g/mol. The van der Waals surface area contributed by atoms with Gasteiger partial charge in [-0.15, -0.1) is 0 Å². The number of nitrogens with two attached hydrogens (primary N) is 1. The molecule has 5 nitrogen and oxygen atoms in total. The van der Waals surface area contributed by atoms with E-state index < -0.39 is 23.6 Å². The van der Waals surface area contributed by atoms with Crippen molar-refractivity contribution in [3.8, 4) is 0 Å². The molecule has 5 heteroatoms. The van der Waals surface area contributed by atoms with Crippen molar-refractivity contribution in [3.63, 3.8) is 0 Å². The Balaban J connectivity index is 2.77. The Morgan fingerprint density at radius 2 is 1.84 bits per heavy atom. The lowest BCUT2D eigenvalue weighted by atomic mass is 10.1. The molecular weight excluding hydrogens is 244 g/mol. The van der Waals surface area contributed by atoms with E-state index in [2.05, 4.69) is 5.32 Å². The Labute approximate surface area is 113 Å². The van der Waals surface area contributed by atoms with Gasteiger partial charge in [0.2, 0.25) is 0 Å². The summed E-state index contributed by atoms with van der Waals surface area (Å²) >= 11 is 0. The lowest BCUT2D eigenvalue weighted by Crippen LogP contribution is -2.47. The Morgan fingerprint density at radius 1 is 1.26 bits per heavy atom. The van der Waals surface area contributed by atoms with E-state index in [1.165, 1.54) is 0 Å². The lowest BCUT2D eigenvalue weighted by molar-refractivity contribution is -0.157. The molecule has 3 N–H and O–H groups in total. The number of carbonyl (C=O) groups excluding carboxylic acids is 2. The predicted molar refractivity (Wildman–Crippen MR) is 72.5 cm³/mol. The van der Waals surface area contributed by atoms with E-state index in [-0.39, 0.29) is 0 Å². The van der Waals surface area contributed by atoms with Gasteiger partial charge in [0.05, 0.1) is 0 Å². The van der Waals surface area contributed by atoms with Crippen LogP contribution in [0, 0.1) is 0 Å². The van der Waals surface area contributed by atoms with E-state index in [0.29, 0.717) is 6.42 Å². The summed E-state index contributed by atoms with van der Waals surface area (Å²) in [6, 6.07) is 7.84. The Bertz CT molecular complexity index is 438. The van der Waals surface area contributed by atoms with E-state index in [1.54, 1.807) is 20.8 Å². The molecule has 0 aromatic heterocycles. The topological polar surface area (TPSA) is 81.4 Å². The Morgan fingerprint density at radius 3 is 2.32 bits per heavy atom. The summed E-state index contributed by atoms with van der Waals surface area (Å²) in [6.45, 7) is 5.32. The van der Waals surface area contributed by atoms with Gasteiger partial charge in [-0.05, 0) is 26.3 Å². The third kappa shape index (κ3) is 5.90. The van der Waals surface area contributed by atoms with Crippen LogP contribution in [-0.4, -0.2) is 23.6 Å². The average Bonchev–Trinajstić information content (AvgIpc) is 2.26. The molecule has 0 aliphatic rings. The van der Waals surface area contributed by atoms with Crippen LogP contribution in [0.25, 0.3) is 0 Å². The van der Waals surface area contributed by atoms with E-state index in [9.17, 15) is 9.59 Å². The molecule has 1 aromatic rings. The minimum atomic E-state index is -0.779. The molecule has 1 atom stereocenters. The Kier molecular flexibility index (Phi) is 4.92. The van der Waals surface area contributed by atoms with Crippen LogP contribution in [0.5, 0.6) is 0 Å². The number of primary amides is 1. The molecule has 0 aliphatic heterocycles. The van der Waals surface area contributed by atoms with Gasteiger partial charge < -0.3 is 15.8 Å². The van der Waals surface area contributed by atoms with Crippen LogP contribution < -0.4 is 11.1 Å². The molecule has 1 unspecified atom stereocenters. The van der Waals surface area contributed by atoms with Crippen molar-refractivity contribution in [1.29, 1.82) is 0 Å². The predicted octanol–water partition coefficient (Wildman–Crippen LogP) is 1.61. The summed E-state index contributed by atoms with van der Waals surface area (Å²) in [6.07, 6.45) is 0.346. The molecule has 2 amide bonds. The number of urea groups is 1. The van der Waals surface area contributed by atoms with Crippen LogP contribution >= 0.6 is 0 Å². The fourth-order valence-corrected chi connectivity index (χ4v) is 1.59. The maximum atomic E-state index is 12.0. The number of nitrogens with one attached hydrogen (secondary N) is 1. The van der Waals surface area contributed by atoms with Crippen LogP contribution in [0.2, 0.25) is 0 Å². The number of hydrogen-bond donors (Lipinski definition) is 2. The number of carbonyl (C=O) groups is 2. The van der Waals surface area contributed by atoms with Gasteiger partial charge in [-0.3, -0.25) is 0 Å². The van der Waals surface area contributed by atoms with Crippen LogP contribution in [0.15, 0.2) is 30.3 Å². The van der Waals surface area contributed by atoms with Crippen molar-refractivity contribution >= 4 is 12.0 Å². The molecule has 0 saturated carbocycles. The standard InChI is InChI=1S/C14H20N2O3/c1-14(2,3)19-12(17)11(16-13(15)18)9-10-7-5-4-6-8-10/h4-8,11H,9H2,1-3H3,(H3,15,16,18). The molecular formula is C14H20N2O3. The highest BCUT2D eigenvalue weighted by atomic mass is 16.6. The fourth-order valence-electron chi connectivity index (χ4n) is 1.59. The summed E-state index contributed by atoms with van der Waals surface area (Å²) in [7, 11) is 0. The van der Waals surface area contributed by atoms with Crippen molar-refractivity contribution in [2.75, 3.05) is 0 Å². The summed E-state index contributed by atoms with van der Waals surface area (Å²) in [5.74, 6) is -0.491. The van der Waals surface area contributed by atoms with E-state index >= 15 is 0 Å². The van der Waals surface area contributed by atoms with Crippen molar-refractivity contribution in [1.82, 2.24) is 5.32 Å². The molecule has 0 bridgehead atoms. The average molecular weight is 264 g/mol. The first-order valence-electron chi connectivity index (χ1n) is 6.11. The summed E-state index contributed by atoms with van der Waals surface area (Å²) < 4.78 is 5.26. The number of hydrogen-bond acceptors (Lipinski definition) is 3. The molecule has 1 rings (SSSR count). The van der Waals surface area contributed by atoms with Gasteiger partial charge in [0, 0.05) is 6.42 Å². The third-order valence-corrected chi connectivity index (χ3v) is 2.29. The van der Waals surface area contributed by atoms with Crippen LogP contribution in [0.3, 0.4) is 0 Å². The number of esters is 1. The maximum absolute atomic E-state index is 12.0. The highest BCUT2D eigenvalue weighted by Crippen LogP contribution is 2.11. The van der Waals surface area contributed by atoms with Gasteiger partial charge >= 0.3 is 12.0 Å². The highest BCUT2D eigenvalue weighted by molar-refractivity contribution is 5.83. The molecule has 0 saturated heterocycles. The van der Waals surface area contributed by atoms with Crippen molar-refractivity contribution in [2.24, 2.45) is 5.73 Å².